The zero-order chi connectivity index (χ0) is 22.6. The minimum Gasteiger partial charge on any atom is -0.340 e. The van der Waals surface area contributed by atoms with Gasteiger partial charge in [-0.05, 0) is 24.1 Å². The molecule has 0 radical (unpaired) electrons. The second-order valence-corrected chi connectivity index (χ2v) is 10.7. The lowest BCUT2D eigenvalue weighted by Gasteiger charge is -2.39. The highest BCUT2D eigenvalue weighted by atomic mass is 32.2. The van der Waals surface area contributed by atoms with Crippen molar-refractivity contribution in [1.82, 2.24) is 15.1 Å². The molecule has 2 aliphatic heterocycles. The molecule has 32 heavy (non-hydrogen) atoms. The lowest BCUT2D eigenvalue weighted by atomic mass is 10.0. The Morgan fingerprint density at radius 2 is 1.56 bits per heavy atom. The normalized spacial score (nSPS) is 21.8. The summed E-state index contributed by atoms with van der Waals surface area (Å²) in [7, 11) is -2.93. The molecule has 2 atom stereocenters. The summed E-state index contributed by atoms with van der Waals surface area (Å²) in [5.41, 5.74) is 1.50. The van der Waals surface area contributed by atoms with Gasteiger partial charge >= 0.3 is 0 Å². The molecular formula is C24H29N3O4S. The number of carbonyl (C=O) groups excluding carboxylic acids is 2. The lowest BCUT2D eigenvalue weighted by Crippen LogP contribution is -2.57. The van der Waals surface area contributed by atoms with E-state index in [0.717, 1.165) is 5.56 Å². The minimum absolute atomic E-state index is 0.0511. The van der Waals surface area contributed by atoms with Crippen molar-refractivity contribution in [2.75, 3.05) is 37.7 Å². The average Bonchev–Trinajstić information content (AvgIpc) is 3.19. The zero-order valence-corrected chi connectivity index (χ0v) is 18.8. The van der Waals surface area contributed by atoms with Crippen LogP contribution in [-0.4, -0.2) is 79.8 Å². The van der Waals surface area contributed by atoms with Crippen LogP contribution in [0, 0.1) is 0 Å². The second-order valence-electron chi connectivity index (χ2n) is 8.50. The van der Waals surface area contributed by atoms with Crippen molar-refractivity contribution < 1.29 is 18.0 Å². The predicted molar refractivity (Wildman–Crippen MR) is 123 cm³/mol. The van der Waals surface area contributed by atoms with Crippen LogP contribution in [0.2, 0.25) is 0 Å². The molecule has 8 heteroatoms. The number of benzene rings is 2. The highest BCUT2D eigenvalue weighted by Crippen LogP contribution is 2.20. The third kappa shape index (κ3) is 5.55. The van der Waals surface area contributed by atoms with Gasteiger partial charge in [0.05, 0.1) is 11.5 Å². The van der Waals surface area contributed by atoms with Crippen molar-refractivity contribution in [2.24, 2.45) is 0 Å². The highest BCUT2D eigenvalue weighted by Gasteiger charge is 2.35. The Kier molecular flexibility index (Phi) is 6.91. The van der Waals surface area contributed by atoms with Gasteiger partial charge in [-0.3, -0.25) is 14.5 Å². The Bertz CT molecular complexity index is 1040. The van der Waals surface area contributed by atoms with Crippen LogP contribution >= 0.6 is 0 Å². The average molecular weight is 456 g/mol. The number of piperazine rings is 1. The third-order valence-corrected chi connectivity index (χ3v) is 8.02. The van der Waals surface area contributed by atoms with Crippen LogP contribution in [0.3, 0.4) is 0 Å². The van der Waals surface area contributed by atoms with Crippen molar-refractivity contribution in [3.63, 3.8) is 0 Å². The lowest BCUT2D eigenvalue weighted by molar-refractivity contribution is -0.135. The quantitative estimate of drug-likeness (QED) is 0.711. The van der Waals surface area contributed by atoms with E-state index < -0.39 is 15.9 Å². The number of hydrogen-bond acceptors (Lipinski definition) is 5. The molecule has 2 heterocycles. The van der Waals surface area contributed by atoms with E-state index in [1.807, 2.05) is 36.4 Å². The van der Waals surface area contributed by atoms with Crippen LogP contribution in [0.1, 0.15) is 22.3 Å². The third-order valence-electron chi connectivity index (χ3n) is 6.27. The summed E-state index contributed by atoms with van der Waals surface area (Å²) < 4.78 is 23.6. The molecule has 2 amide bonds. The molecule has 2 aromatic rings. The largest absolute Gasteiger partial charge is 0.340 e. The Morgan fingerprint density at radius 1 is 0.938 bits per heavy atom. The van der Waals surface area contributed by atoms with E-state index in [9.17, 15) is 18.0 Å². The number of amides is 2. The monoisotopic (exact) mass is 455 g/mol. The van der Waals surface area contributed by atoms with Crippen LogP contribution in [-0.2, 0) is 21.1 Å². The number of rotatable bonds is 6. The van der Waals surface area contributed by atoms with Crippen molar-refractivity contribution in [3.8, 4) is 0 Å². The van der Waals surface area contributed by atoms with E-state index in [-0.39, 0.29) is 29.4 Å². The standard InChI is InChI=1S/C24H29N3O4S/c28-23(20-9-5-2-6-10-20)25-22(17-19-7-3-1-4-8-19)24(29)27-14-12-26(13-15-27)21-11-16-32(30,31)18-21/h1-10,21-22H,11-18H2,(H,25,28). The summed E-state index contributed by atoms with van der Waals surface area (Å²) in [4.78, 5) is 30.1. The van der Waals surface area contributed by atoms with Gasteiger partial charge in [0.25, 0.3) is 5.91 Å². The first kappa shape index (κ1) is 22.5. The molecule has 0 bridgehead atoms. The summed E-state index contributed by atoms with van der Waals surface area (Å²) in [6.45, 7) is 2.36. The van der Waals surface area contributed by atoms with E-state index in [1.54, 1.807) is 29.2 Å². The van der Waals surface area contributed by atoms with Gasteiger partial charge in [-0.1, -0.05) is 48.5 Å². The molecular weight excluding hydrogens is 426 g/mol. The summed E-state index contributed by atoms with van der Waals surface area (Å²) in [6.07, 6.45) is 1.08. The van der Waals surface area contributed by atoms with Crippen LogP contribution in [0.4, 0.5) is 0 Å². The molecule has 2 unspecified atom stereocenters. The molecule has 0 spiro atoms. The molecule has 2 fully saturated rings. The molecule has 0 saturated carbocycles. The Hall–Kier alpha value is -2.71. The summed E-state index contributed by atoms with van der Waals surface area (Å²) in [5, 5.41) is 2.93. The van der Waals surface area contributed by atoms with Gasteiger partial charge in [-0.2, -0.15) is 0 Å². The first-order valence-electron chi connectivity index (χ1n) is 11.0. The van der Waals surface area contributed by atoms with Gasteiger partial charge in [-0.25, -0.2) is 8.42 Å². The number of nitrogens with one attached hydrogen (secondary N) is 1. The molecule has 170 valence electrons. The fourth-order valence-corrected chi connectivity index (χ4v) is 6.23. The topological polar surface area (TPSA) is 86.8 Å². The first-order chi connectivity index (χ1) is 15.4. The Balaban J connectivity index is 1.42. The smallest absolute Gasteiger partial charge is 0.251 e. The maximum Gasteiger partial charge on any atom is 0.251 e. The van der Waals surface area contributed by atoms with Crippen LogP contribution < -0.4 is 5.32 Å². The molecule has 0 aliphatic carbocycles. The van der Waals surface area contributed by atoms with E-state index in [0.29, 0.717) is 44.6 Å². The van der Waals surface area contributed by atoms with Gasteiger partial charge < -0.3 is 10.2 Å². The van der Waals surface area contributed by atoms with Crippen LogP contribution in [0.5, 0.6) is 0 Å². The van der Waals surface area contributed by atoms with Gasteiger partial charge in [0.1, 0.15) is 6.04 Å². The second kappa shape index (κ2) is 9.83. The van der Waals surface area contributed by atoms with Crippen molar-refractivity contribution in [3.05, 3.63) is 71.8 Å². The number of nitrogens with zero attached hydrogens (tertiary/aromatic N) is 2. The molecule has 0 aromatic heterocycles. The molecule has 2 saturated heterocycles. The number of sulfone groups is 1. The Morgan fingerprint density at radius 3 is 2.16 bits per heavy atom. The van der Waals surface area contributed by atoms with Crippen molar-refractivity contribution in [1.29, 1.82) is 0 Å². The van der Waals surface area contributed by atoms with Crippen molar-refractivity contribution >= 4 is 21.7 Å². The fourth-order valence-electron chi connectivity index (χ4n) is 4.47. The van der Waals surface area contributed by atoms with Crippen molar-refractivity contribution in [2.45, 2.75) is 24.9 Å². The number of hydrogen-bond donors (Lipinski definition) is 1. The van der Waals surface area contributed by atoms with E-state index >= 15 is 0 Å². The Labute approximate surface area is 189 Å². The summed E-state index contributed by atoms with van der Waals surface area (Å²) in [6, 6.07) is 18.0. The molecule has 2 aromatic carbocycles. The number of carbonyl (C=O) groups is 2. The zero-order valence-electron chi connectivity index (χ0n) is 18.0. The SMILES string of the molecule is O=C(NC(Cc1ccccc1)C(=O)N1CCN(C2CCS(=O)(=O)C2)CC1)c1ccccc1. The van der Waals surface area contributed by atoms with Gasteiger partial charge in [0.2, 0.25) is 5.91 Å². The van der Waals surface area contributed by atoms with Crippen LogP contribution in [0.15, 0.2) is 60.7 Å². The molecule has 1 N–H and O–H groups in total. The minimum atomic E-state index is -2.93. The molecule has 4 rings (SSSR count). The maximum atomic E-state index is 13.4. The predicted octanol–water partition coefficient (Wildman–Crippen LogP) is 1.36. The molecule has 2 aliphatic rings. The summed E-state index contributed by atoms with van der Waals surface area (Å²) in [5.74, 6) is 0.0955. The van der Waals surface area contributed by atoms with Gasteiger partial charge in [0, 0.05) is 44.2 Å². The summed E-state index contributed by atoms with van der Waals surface area (Å²) >= 11 is 0. The van der Waals surface area contributed by atoms with E-state index in [4.69, 9.17) is 0 Å². The van der Waals surface area contributed by atoms with Gasteiger partial charge in [-0.15, -0.1) is 0 Å². The highest BCUT2D eigenvalue weighted by molar-refractivity contribution is 7.91. The molecule has 7 nitrogen and oxygen atoms in total. The van der Waals surface area contributed by atoms with E-state index in [1.165, 1.54) is 0 Å². The van der Waals surface area contributed by atoms with E-state index in [2.05, 4.69) is 10.2 Å². The van der Waals surface area contributed by atoms with Gasteiger partial charge in [0.15, 0.2) is 9.84 Å². The first-order valence-corrected chi connectivity index (χ1v) is 12.9. The van der Waals surface area contributed by atoms with Crippen LogP contribution in [0.25, 0.3) is 0 Å². The fraction of sp³-hybridized carbons (Fsp3) is 0.417. The maximum absolute atomic E-state index is 13.4.